The van der Waals surface area contributed by atoms with E-state index in [-0.39, 0.29) is 6.79 Å². The molecule has 0 spiro atoms. The molecule has 0 aromatic heterocycles. The van der Waals surface area contributed by atoms with Crippen molar-refractivity contribution in [2.75, 3.05) is 24.5 Å². The predicted molar refractivity (Wildman–Crippen MR) is 90.1 cm³/mol. The van der Waals surface area contributed by atoms with Crippen molar-refractivity contribution in [2.24, 2.45) is 0 Å². The molecule has 0 saturated carbocycles. The van der Waals surface area contributed by atoms with Gasteiger partial charge in [0.1, 0.15) is 5.75 Å². The maximum absolute atomic E-state index is 5.34. The minimum absolute atomic E-state index is 0.256. The maximum Gasteiger partial charge on any atom is 0.231 e. The fourth-order valence-electron chi connectivity index (χ4n) is 2.16. The van der Waals surface area contributed by atoms with Gasteiger partial charge in [-0.15, -0.1) is 0 Å². The van der Waals surface area contributed by atoms with Gasteiger partial charge in [-0.1, -0.05) is 0 Å². The predicted octanol–water partition coefficient (Wildman–Crippen LogP) is 3.54. The molecule has 2 aromatic carbocycles. The summed E-state index contributed by atoms with van der Waals surface area (Å²) in [7, 11) is 1.65. The number of methoxy groups -OCH3 is 1. The summed E-state index contributed by atoms with van der Waals surface area (Å²) >= 11 is 5.34. The summed E-state index contributed by atoms with van der Waals surface area (Å²) in [6.45, 7) is 2.25. The third-order valence-corrected chi connectivity index (χ3v) is 3.52. The van der Waals surface area contributed by atoms with Gasteiger partial charge < -0.3 is 24.8 Å². The van der Waals surface area contributed by atoms with Crippen LogP contribution < -0.4 is 24.8 Å². The second-order valence-corrected chi connectivity index (χ2v) is 5.24. The Morgan fingerprint density at radius 3 is 2.68 bits per heavy atom. The SMILES string of the molecule is COc1ccc(NC(=S)Nc2ccc3c(c2)OCO3)c(C)c1. The fraction of sp³-hybridized carbons (Fsp3) is 0.188. The number of thiocarbonyl (C=S) groups is 1. The molecule has 0 amide bonds. The molecule has 1 aliphatic heterocycles. The van der Waals surface area contributed by atoms with Crippen LogP contribution in [0.1, 0.15) is 5.56 Å². The highest BCUT2D eigenvalue weighted by molar-refractivity contribution is 7.80. The summed E-state index contributed by atoms with van der Waals surface area (Å²) in [6.07, 6.45) is 0. The molecule has 5 nitrogen and oxygen atoms in total. The monoisotopic (exact) mass is 316 g/mol. The molecule has 0 atom stereocenters. The summed E-state index contributed by atoms with van der Waals surface area (Å²) in [6, 6.07) is 11.4. The van der Waals surface area contributed by atoms with Crippen molar-refractivity contribution in [3.63, 3.8) is 0 Å². The zero-order valence-corrected chi connectivity index (χ0v) is 13.1. The second-order valence-electron chi connectivity index (χ2n) is 4.83. The maximum atomic E-state index is 5.34. The van der Waals surface area contributed by atoms with E-state index in [2.05, 4.69) is 10.6 Å². The Balaban J connectivity index is 1.67. The van der Waals surface area contributed by atoms with Gasteiger partial charge in [0, 0.05) is 17.4 Å². The van der Waals surface area contributed by atoms with Crippen LogP contribution in [-0.4, -0.2) is 19.0 Å². The molecule has 0 saturated heterocycles. The van der Waals surface area contributed by atoms with E-state index in [1.807, 2.05) is 43.3 Å². The molecular formula is C16H16N2O3S. The summed E-state index contributed by atoms with van der Waals surface area (Å²) < 4.78 is 15.8. The van der Waals surface area contributed by atoms with Gasteiger partial charge in [0.25, 0.3) is 0 Å². The zero-order chi connectivity index (χ0) is 15.5. The molecule has 0 radical (unpaired) electrons. The number of hydrogen-bond acceptors (Lipinski definition) is 4. The Labute approximate surface area is 134 Å². The number of aryl methyl sites for hydroxylation is 1. The third kappa shape index (κ3) is 3.07. The van der Waals surface area contributed by atoms with Crippen molar-refractivity contribution >= 4 is 28.7 Å². The Hall–Kier alpha value is -2.47. The molecule has 1 heterocycles. The largest absolute Gasteiger partial charge is 0.497 e. The third-order valence-electron chi connectivity index (χ3n) is 3.31. The molecule has 3 rings (SSSR count). The van der Waals surface area contributed by atoms with Gasteiger partial charge in [-0.25, -0.2) is 0 Å². The summed E-state index contributed by atoms with van der Waals surface area (Å²) in [5.41, 5.74) is 2.82. The quantitative estimate of drug-likeness (QED) is 0.845. The molecule has 0 bridgehead atoms. The highest BCUT2D eigenvalue weighted by Crippen LogP contribution is 2.34. The lowest BCUT2D eigenvalue weighted by atomic mass is 10.2. The topological polar surface area (TPSA) is 51.8 Å². The van der Waals surface area contributed by atoms with E-state index < -0.39 is 0 Å². The van der Waals surface area contributed by atoms with E-state index in [1.54, 1.807) is 7.11 Å². The number of benzene rings is 2. The normalized spacial score (nSPS) is 11.9. The van der Waals surface area contributed by atoms with Crippen molar-refractivity contribution in [3.8, 4) is 17.2 Å². The number of ether oxygens (including phenoxy) is 3. The number of hydrogen-bond donors (Lipinski definition) is 2. The van der Waals surface area contributed by atoms with Crippen LogP contribution in [0.5, 0.6) is 17.2 Å². The van der Waals surface area contributed by atoms with Crippen LogP contribution in [0.2, 0.25) is 0 Å². The van der Waals surface area contributed by atoms with Crippen LogP contribution in [-0.2, 0) is 0 Å². The van der Waals surface area contributed by atoms with Crippen LogP contribution in [0.3, 0.4) is 0 Å². The van der Waals surface area contributed by atoms with Gasteiger partial charge in [0.15, 0.2) is 16.6 Å². The van der Waals surface area contributed by atoms with E-state index in [4.69, 9.17) is 26.4 Å². The Morgan fingerprint density at radius 2 is 1.91 bits per heavy atom. The minimum atomic E-state index is 0.256. The number of rotatable bonds is 3. The second kappa shape index (κ2) is 6.11. The van der Waals surface area contributed by atoms with Crippen molar-refractivity contribution in [3.05, 3.63) is 42.0 Å². The lowest BCUT2D eigenvalue weighted by Gasteiger charge is -2.13. The Morgan fingerprint density at radius 1 is 1.09 bits per heavy atom. The lowest BCUT2D eigenvalue weighted by molar-refractivity contribution is 0.174. The van der Waals surface area contributed by atoms with Crippen LogP contribution in [0.15, 0.2) is 36.4 Å². The first-order valence-electron chi connectivity index (χ1n) is 6.78. The van der Waals surface area contributed by atoms with Crippen LogP contribution in [0.4, 0.5) is 11.4 Å². The van der Waals surface area contributed by atoms with E-state index in [0.717, 1.165) is 28.4 Å². The molecule has 22 heavy (non-hydrogen) atoms. The molecule has 0 fully saturated rings. The summed E-state index contributed by atoms with van der Waals surface area (Å²) in [4.78, 5) is 0. The Bertz CT molecular complexity index is 719. The van der Waals surface area contributed by atoms with Crippen molar-refractivity contribution < 1.29 is 14.2 Å². The van der Waals surface area contributed by atoms with Crippen LogP contribution in [0.25, 0.3) is 0 Å². The van der Waals surface area contributed by atoms with Gasteiger partial charge in [-0.05, 0) is 55.0 Å². The standard InChI is InChI=1S/C16H16N2O3S/c1-10-7-12(19-2)4-5-13(10)18-16(22)17-11-3-6-14-15(8-11)21-9-20-14/h3-8H,9H2,1-2H3,(H2,17,18,22). The molecule has 114 valence electrons. The molecule has 2 aromatic rings. The van der Waals surface area contributed by atoms with Gasteiger partial charge in [0.05, 0.1) is 7.11 Å². The van der Waals surface area contributed by atoms with E-state index in [9.17, 15) is 0 Å². The fourth-order valence-corrected chi connectivity index (χ4v) is 2.39. The van der Waals surface area contributed by atoms with Crippen LogP contribution >= 0.6 is 12.2 Å². The molecule has 6 heteroatoms. The molecule has 0 aliphatic carbocycles. The van der Waals surface area contributed by atoms with Crippen LogP contribution in [0, 0.1) is 6.92 Å². The molecule has 2 N–H and O–H groups in total. The zero-order valence-electron chi connectivity index (χ0n) is 12.3. The first-order chi connectivity index (χ1) is 10.7. The molecule has 0 unspecified atom stereocenters. The minimum Gasteiger partial charge on any atom is -0.497 e. The van der Waals surface area contributed by atoms with Crippen molar-refractivity contribution in [1.82, 2.24) is 0 Å². The van der Waals surface area contributed by atoms with E-state index in [0.29, 0.717) is 10.9 Å². The number of nitrogens with one attached hydrogen (secondary N) is 2. The summed E-state index contributed by atoms with van der Waals surface area (Å²) in [5, 5.41) is 6.81. The van der Waals surface area contributed by atoms with Crippen molar-refractivity contribution in [1.29, 1.82) is 0 Å². The van der Waals surface area contributed by atoms with E-state index in [1.165, 1.54) is 0 Å². The van der Waals surface area contributed by atoms with Crippen molar-refractivity contribution in [2.45, 2.75) is 6.92 Å². The first kappa shape index (κ1) is 14.5. The number of fused-ring (bicyclic) bond motifs is 1. The van der Waals surface area contributed by atoms with E-state index >= 15 is 0 Å². The van der Waals surface area contributed by atoms with Gasteiger partial charge in [0.2, 0.25) is 6.79 Å². The van der Waals surface area contributed by atoms with Gasteiger partial charge in [-0.3, -0.25) is 0 Å². The Kier molecular flexibility index (Phi) is 4.02. The summed E-state index contributed by atoms with van der Waals surface area (Å²) in [5.74, 6) is 2.28. The molecule has 1 aliphatic rings. The average molecular weight is 316 g/mol. The first-order valence-corrected chi connectivity index (χ1v) is 7.19. The highest BCUT2D eigenvalue weighted by atomic mass is 32.1. The molecular weight excluding hydrogens is 300 g/mol. The number of anilines is 2. The average Bonchev–Trinajstić information content (AvgIpc) is 2.96. The van der Waals surface area contributed by atoms with Gasteiger partial charge in [-0.2, -0.15) is 0 Å². The smallest absolute Gasteiger partial charge is 0.231 e. The lowest BCUT2D eigenvalue weighted by Crippen LogP contribution is -2.19. The highest BCUT2D eigenvalue weighted by Gasteiger charge is 2.13. The van der Waals surface area contributed by atoms with Gasteiger partial charge >= 0.3 is 0 Å².